The van der Waals surface area contributed by atoms with Gasteiger partial charge in [-0.05, 0) is 51.0 Å². The van der Waals surface area contributed by atoms with Crippen LogP contribution >= 0.6 is 24.0 Å². The molecule has 0 unspecified atom stereocenters. The number of guanidine groups is 1. The zero-order valence-electron chi connectivity index (χ0n) is 18.5. The number of alkyl halides is 3. The summed E-state index contributed by atoms with van der Waals surface area (Å²) in [5.74, 6) is 0.709. The molecule has 2 aliphatic rings. The Bertz CT molecular complexity index is 721. The lowest BCUT2D eigenvalue weighted by Gasteiger charge is -2.43. The van der Waals surface area contributed by atoms with E-state index in [1.165, 1.54) is 18.6 Å². The second-order valence-corrected chi connectivity index (χ2v) is 8.56. The minimum Gasteiger partial charge on any atom is -0.356 e. The van der Waals surface area contributed by atoms with E-state index in [4.69, 9.17) is 0 Å². The van der Waals surface area contributed by atoms with Gasteiger partial charge in [-0.1, -0.05) is 24.6 Å². The van der Waals surface area contributed by atoms with Crippen LogP contribution in [0.25, 0.3) is 0 Å². The van der Waals surface area contributed by atoms with Crippen molar-refractivity contribution >= 4 is 29.9 Å². The van der Waals surface area contributed by atoms with Crippen LogP contribution in [0.2, 0.25) is 0 Å². The van der Waals surface area contributed by atoms with Crippen LogP contribution in [0.5, 0.6) is 0 Å². The molecule has 5 nitrogen and oxygen atoms in total. The summed E-state index contributed by atoms with van der Waals surface area (Å²) in [6, 6.07) is 5.80. The molecule has 0 aromatic heterocycles. The lowest BCUT2D eigenvalue weighted by atomic mass is 9.64. The minimum absolute atomic E-state index is 0. The van der Waals surface area contributed by atoms with Gasteiger partial charge in [0.05, 0.1) is 5.56 Å². The summed E-state index contributed by atoms with van der Waals surface area (Å²) in [4.78, 5) is 9.12. The van der Waals surface area contributed by atoms with E-state index in [9.17, 15) is 13.2 Å². The van der Waals surface area contributed by atoms with Crippen LogP contribution in [0.4, 0.5) is 13.2 Å². The SMILES string of the molecule is CN=C(NCCN1CCCN(C)CC1)NCC1(c2cccc(C(F)(F)F)c2)CCC1.I. The van der Waals surface area contributed by atoms with Crippen molar-refractivity contribution in [3.8, 4) is 0 Å². The van der Waals surface area contributed by atoms with Crippen LogP contribution in [-0.4, -0.2) is 75.7 Å². The van der Waals surface area contributed by atoms with Gasteiger partial charge in [-0.2, -0.15) is 13.2 Å². The first-order valence-corrected chi connectivity index (χ1v) is 10.9. The molecule has 2 fully saturated rings. The quantitative estimate of drug-likeness (QED) is 0.322. The van der Waals surface area contributed by atoms with Crippen molar-refractivity contribution in [2.75, 3.05) is 59.9 Å². The van der Waals surface area contributed by atoms with Crippen molar-refractivity contribution in [2.45, 2.75) is 37.3 Å². The zero-order chi connectivity index (χ0) is 21.6. The van der Waals surface area contributed by atoms with Crippen LogP contribution in [0.3, 0.4) is 0 Å². The summed E-state index contributed by atoms with van der Waals surface area (Å²) in [5.41, 5.74) is -0.0640. The Labute approximate surface area is 200 Å². The van der Waals surface area contributed by atoms with Crippen molar-refractivity contribution in [2.24, 2.45) is 4.99 Å². The summed E-state index contributed by atoms with van der Waals surface area (Å²) in [5, 5.41) is 6.72. The Hall–Kier alpha value is -1.07. The molecule has 1 saturated heterocycles. The molecule has 1 heterocycles. The summed E-state index contributed by atoms with van der Waals surface area (Å²) in [6.45, 7) is 6.74. The molecule has 0 amide bonds. The largest absolute Gasteiger partial charge is 0.416 e. The topological polar surface area (TPSA) is 42.9 Å². The first-order valence-electron chi connectivity index (χ1n) is 10.9. The maximum absolute atomic E-state index is 13.1. The molecule has 1 aromatic carbocycles. The number of nitrogens with zero attached hydrogens (tertiary/aromatic N) is 3. The van der Waals surface area contributed by atoms with Gasteiger partial charge in [0.1, 0.15) is 0 Å². The number of hydrogen-bond donors (Lipinski definition) is 2. The normalized spacial score (nSPS) is 20.4. The van der Waals surface area contributed by atoms with E-state index in [-0.39, 0.29) is 29.4 Å². The zero-order valence-corrected chi connectivity index (χ0v) is 20.8. The average molecular weight is 553 g/mol. The first-order chi connectivity index (χ1) is 14.3. The fourth-order valence-electron chi connectivity index (χ4n) is 4.33. The van der Waals surface area contributed by atoms with E-state index in [2.05, 4.69) is 32.5 Å². The molecule has 3 rings (SSSR count). The van der Waals surface area contributed by atoms with E-state index in [1.807, 2.05) is 6.07 Å². The summed E-state index contributed by atoms with van der Waals surface area (Å²) in [7, 11) is 3.89. The van der Waals surface area contributed by atoms with Crippen molar-refractivity contribution in [3.63, 3.8) is 0 Å². The molecule has 9 heteroatoms. The summed E-state index contributed by atoms with van der Waals surface area (Å²) >= 11 is 0. The molecule has 0 bridgehead atoms. The predicted octanol–water partition coefficient (Wildman–Crippen LogP) is 3.55. The highest BCUT2D eigenvalue weighted by Crippen LogP contribution is 2.44. The second kappa shape index (κ2) is 11.7. The molecular weight excluding hydrogens is 518 g/mol. The van der Waals surface area contributed by atoms with Gasteiger partial charge < -0.3 is 20.4 Å². The van der Waals surface area contributed by atoms with Crippen LogP contribution in [0.15, 0.2) is 29.3 Å². The number of aliphatic imine (C=N–C) groups is 1. The number of rotatable bonds is 6. The molecule has 1 saturated carbocycles. The molecule has 2 N–H and O–H groups in total. The van der Waals surface area contributed by atoms with Gasteiger partial charge in [-0.15, -0.1) is 24.0 Å². The third-order valence-electron chi connectivity index (χ3n) is 6.46. The number of halogens is 4. The third kappa shape index (κ3) is 7.21. The molecule has 176 valence electrons. The third-order valence-corrected chi connectivity index (χ3v) is 6.46. The Balaban J connectivity index is 0.00000341. The van der Waals surface area contributed by atoms with Crippen molar-refractivity contribution in [1.29, 1.82) is 0 Å². The lowest BCUT2D eigenvalue weighted by molar-refractivity contribution is -0.137. The van der Waals surface area contributed by atoms with Gasteiger partial charge in [0.2, 0.25) is 0 Å². The Morgan fingerprint density at radius 1 is 1.10 bits per heavy atom. The number of benzene rings is 1. The van der Waals surface area contributed by atoms with Gasteiger partial charge in [-0.3, -0.25) is 4.99 Å². The second-order valence-electron chi connectivity index (χ2n) is 8.56. The van der Waals surface area contributed by atoms with Crippen molar-refractivity contribution in [1.82, 2.24) is 20.4 Å². The maximum atomic E-state index is 13.1. The van der Waals surface area contributed by atoms with E-state index in [1.54, 1.807) is 7.05 Å². The monoisotopic (exact) mass is 553 g/mol. The Morgan fingerprint density at radius 2 is 1.87 bits per heavy atom. The van der Waals surface area contributed by atoms with Crippen LogP contribution < -0.4 is 10.6 Å². The van der Waals surface area contributed by atoms with Crippen molar-refractivity contribution in [3.05, 3.63) is 35.4 Å². The average Bonchev–Trinajstić information content (AvgIpc) is 2.89. The maximum Gasteiger partial charge on any atom is 0.416 e. The van der Waals surface area contributed by atoms with E-state index < -0.39 is 11.7 Å². The molecule has 1 aliphatic heterocycles. The van der Waals surface area contributed by atoms with Gasteiger partial charge in [0.15, 0.2) is 5.96 Å². The molecule has 1 aromatic rings. The molecule has 0 spiro atoms. The molecule has 31 heavy (non-hydrogen) atoms. The van der Waals surface area contributed by atoms with E-state index in [0.29, 0.717) is 12.5 Å². The minimum atomic E-state index is -4.31. The number of hydrogen-bond acceptors (Lipinski definition) is 3. The highest BCUT2D eigenvalue weighted by molar-refractivity contribution is 14.0. The van der Waals surface area contributed by atoms with Gasteiger partial charge >= 0.3 is 6.18 Å². The molecule has 1 aliphatic carbocycles. The first kappa shape index (κ1) is 26.2. The standard InChI is InChI=1S/C22H34F3N5.HI/c1-26-20(27-10-13-30-12-5-11-29(2)14-15-30)28-17-21(8-4-9-21)18-6-3-7-19(16-18)22(23,24)25;/h3,6-7,16H,4-5,8-15,17H2,1-2H3,(H2,26,27,28);1H. The summed E-state index contributed by atoms with van der Waals surface area (Å²) < 4.78 is 39.4. The highest BCUT2D eigenvalue weighted by Gasteiger charge is 2.40. The fourth-order valence-corrected chi connectivity index (χ4v) is 4.33. The smallest absolute Gasteiger partial charge is 0.356 e. The fraction of sp³-hybridized carbons (Fsp3) is 0.682. The van der Waals surface area contributed by atoms with Crippen LogP contribution in [-0.2, 0) is 11.6 Å². The highest BCUT2D eigenvalue weighted by atomic mass is 127. The molecular formula is C22H35F3IN5. The molecule has 0 radical (unpaired) electrons. The molecule has 0 atom stereocenters. The van der Waals surface area contributed by atoms with Gasteiger partial charge in [-0.25, -0.2) is 0 Å². The Kier molecular flexibility index (Phi) is 9.88. The predicted molar refractivity (Wildman–Crippen MR) is 130 cm³/mol. The van der Waals surface area contributed by atoms with Crippen LogP contribution in [0, 0.1) is 0 Å². The van der Waals surface area contributed by atoms with Crippen molar-refractivity contribution < 1.29 is 13.2 Å². The van der Waals surface area contributed by atoms with Gasteiger partial charge in [0, 0.05) is 45.2 Å². The Morgan fingerprint density at radius 3 is 2.52 bits per heavy atom. The van der Waals surface area contributed by atoms with Gasteiger partial charge in [0.25, 0.3) is 0 Å². The lowest BCUT2D eigenvalue weighted by Crippen LogP contribution is -2.50. The van der Waals surface area contributed by atoms with E-state index >= 15 is 0 Å². The van der Waals surface area contributed by atoms with E-state index in [0.717, 1.165) is 70.2 Å². The number of likely N-dealkylation sites (N-methyl/N-ethyl adjacent to an activating group) is 1. The number of nitrogens with one attached hydrogen (secondary N) is 2. The summed E-state index contributed by atoms with van der Waals surface area (Å²) in [6.07, 6.45) is -0.316. The van der Waals surface area contributed by atoms with Crippen LogP contribution in [0.1, 0.15) is 36.8 Å².